The molecule has 1 fully saturated rings. The number of sulfonamides is 1. The van der Waals surface area contributed by atoms with Crippen LogP contribution in [-0.2, 0) is 32.5 Å². The first kappa shape index (κ1) is 26.8. The molecular formula is C27H34BrN3O4S. The van der Waals surface area contributed by atoms with Crippen molar-refractivity contribution < 1.29 is 18.0 Å². The number of rotatable bonds is 8. The summed E-state index contributed by atoms with van der Waals surface area (Å²) < 4.78 is 29.2. The molecule has 1 N–H and O–H groups in total. The van der Waals surface area contributed by atoms with Crippen LogP contribution in [0.2, 0.25) is 0 Å². The molecule has 7 nitrogen and oxygen atoms in total. The zero-order valence-electron chi connectivity index (χ0n) is 20.9. The van der Waals surface area contributed by atoms with Gasteiger partial charge in [0.05, 0.1) is 10.8 Å². The van der Waals surface area contributed by atoms with E-state index in [1.807, 2.05) is 31.2 Å². The number of hydrogen-bond acceptors (Lipinski definition) is 4. The Morgan fingerprint density at radius 3 is 2.64 bits per heavy atom. The maximum Gasteiger partial charge on any atom is 0.244 e. The van der Waals surface area contributed by atoms with E-state index in [-0.39, 0.29) is 35.2 Å². The third-order valence-electron chi connectivity index (χ3n) is 7.10. The van der Waals surface area contributed by atoms with Crippen LogP contribution < -0.4 is 10.2 Å². The molecule has 0 bridgehead atoms. The summed E-state index contributed by atoms with van der Waals surface area (Å²) in [6.07, 6.45) is 4.04. The number of carbonyl (C=O) groups is 2. The molecule has 9 heteroatoms. The van der Waals surface area contributed by atoms with Gasteiger partial charge in [0.25, 0.3) is 0 Å². The molecule has 2 aromatic rings. The normalized spacial score (nSPS) is 19.1. The quantitative estimate of drug-likeness (QED) is 0.508. The fraction of sp³-hybridized carbons (Fsp3) is 0.481. The van der Waals surface area contributed by atoms with E-state index in [0.29, 0.717) is 48.9 Å². The van der Waals surface area contributed by atoms with E-state index in [2.05, 4.69) is 33.4 Å². The number of anilines is 1. The van der Waals surface area contributed by atoms with Gasteiger partial charge >= 0.3 is 0 Å². The van der Waals surface area contributed by atoms with Gasteiger partial charge in [-0.15, -0.1) is 0 Å². The molecule has 0 radical (unpaired) electrons. The van der Waals surface area contributed by atoms with Crippen molar-refractivity contribution in [2.45, 2.75) is 63.3 Å². The van der Waals surface area contributed by atoms with Gasteiger partial charge in [0, 0.05) is 42.3 Å². The Labute approximate surface area is 222 Å². The molecule has 0 aromatic heterocycles. The van der Waals surface area contributed by atoms with Crippen LogP contribution >= 0.6 is 15.9 Å². The van der Waals surface area contributed by atoms with Crippen LogP contribution in [0.25, 0.3) is 0 Å². The van der Waals surface area contributed by atoms with E-state index in [9.17, 15) is 18.0 Å². The minimum absolute atomic E-state index is 0.00219. The molecule has 0 saturated carbocycles. The molecule has 2 aromatic carbocycles. The number of halogens is 1. The van der Waals surface area contributed by atoms with Gasteiger partial charge in [-0.25, -0.2) is 8.42 Å². The van der Waals surface area contributed by atoms with E-state index < -0.39 is 10.0 Å². The Morgan fingerprint density at radius 1 is 1.17 bits per heavy atom. The largest absolute Gasteiger partial charge is 0.353 e. The van der Waals surface area contributed by atoms with E-state index in [0.717, 1.165) is 18.4 Å². The van der Waals surface area contributed by atoms with Crippen LogP contribution in [0, 0.1) is 5.92 Å². The fourth-order valence-corrected chi connectivity index (χ4v) is 7.60. The predicted octanol–water partition coefficient (Wildman–Crippen LogP) is 4.29. The Balaban J connectivity index is 1.44. The summed E-state index contributed by atoms with van der Waals surface area (Å²) >= 11 is 3.45. The maximum absolute atomic E-state index is 13.7. The van der Waals surface area contributed by atoms with Gasteiger partial charge in [-0.3, -0.25) is 9.59 Å². The van der Waals surface area contributed by atoms with Gasteiger partial charge in [-0.05, 0) is 78.2 Å². The summed E-state index contributed by atoms with van der Waals surface area (Å²) in [7, 11) is -3.84. The molecule has 0 spiro atoms. The lowest BCUT2D eigenvalue weighted by Crippen LogP contribution is -2.47. The zero-order chi connectivity index (χ0) is 25.9. The van der Waals surface area contributed by atoms with Crippen molar-refractivity contribution in [2.75, 3.05) is 24.5 Å². The molecule has 2 atom stereocenters. The number of nitrogens with zero attached hydrogens (tertiary/aromatic N) is 2. The standard InChI is InChI=1S/C27H34BrN3O4S/c1-3-26(32)31-15-13-21-16-23(28)25(17-24(21)31)36(34,35)30-14-7-10-22(18-30)27(33)29-19(2)11-12-20-8-5-4-6-9-20/h4-6,8-9,16-17,19,22H,3,7,10-15,18H2,1-2H3,(H,29,33)/t19-,22+/m1/s1. The molecular weight excluding hydrogens is 542 g/mol. The summed E-state index contributed by atoms with van der Waals surface area (Å²) in [5, 5.41) is 3.09. The Bertz CT molecular complexity index is 1220. The summed E-state index contributed by atoms with van der Waals surface area (Å²) in [5.41, 5.74) is 2.86. The summed E-state index contributed by atoms with van der Waals surface area (Å²) in [5.74, 6) is -0.502. The van der Waals surface area contributed by atoms with Gasteiger partial charge in [-0.2, -0.15) is 4.31 Å². The number of nitrogens with one attached hydrogen (secondary N) is 1. The highest BCUT2D eigenvalue weighted by molar-refractivity contribution is 9.10. The second-order valence-corrected chi connectivity index (χ2v) is 12.5. The molecule has 0 aliphatic carbocycles. The van der Waals surface area contributed by atoms with Crippen molar-refractivity contribution in [1.82, 2.24) is 9.62 Å². The zero-order valence-corrected chi connectivity index (χ0v) is 23.3. The monoisotopic (exact) mass is 575 g/mol. The van der Waals surface area contributed by atoms with Crippen LogP contribution in [-0.4, -0.2) is 50.2 Å². The van der Waals surface area contributed by atoms with E-state index in [1.54, 1.807) is 17.9 Å². The van der Waals surface area contributed by atoms with Crippen molar-refractivity contribution in [3.05, 3.63) is 58.1 Å². The van der Waals surface area contributed by atoms with Crippen molar-refractivity contribution in [3.8, 4) is 0 Å². The van der Waals surface area contributed by atoms with E-state index >= 15 is 0 Å². The highest BCUT2D eigenvalue weighted by Gasteiger charge is 2.36. The van der Waals surface area contributed by atoms with Crippen LogP contribution in [0.5, 0.6) is 0 Å². The average Bonchev–Trinajstić information content (AvgIpc) is 3.29. The summed E-state index contributed by atoms with van der Waals surface area (Å²) in [6, 6.07) is 13.6. The predicted molar refractivity (Wildman–Crippen MR) is 144 cm³/mol. The Kier molecular flexibility index (Phi) is 8.52. The number of piperidine rings is 1. The molecule has 2 heterocycles. The fourth-order valence-electron chi connectivity index (χ4n) is 5.01. The lowest BCUT2D eigenvalue weighted by atomic mass is 9.98. The van der Waals surface area contributed by atoms with Gasteiger partial charge in [0.2, 0.25) is 21.8 Å². The molecule has 2 aliphatic heterocycles. The van der Waals surface area contributed by atoms with Crippen LogP contribution in [0.3, 0.4) is 0 Å². The van der Waals surface area contributed by atoms with Gasteiger partial charge in [-0.1, -0.05) is 37.3 Å². The third-order valence-corrected chi connectivity index (χ3v) is 9.93. The number of aryl methyl sites for hydroxylation is 1. The number of hydrogen-bond donors (Lipinski definition) is 1. The molecule has 36 heavy (non-hydrogen) atoms. The topological polar surface area (TPSA) is 86.8 Å². The first-order chi connectivity index (χ1) is 17.2. The van der Waals surface area contributed by atoms with Gasteiger partial charge in [0.1, 0.15) is 0 Å². The highest BCUT2D eigenvalue weighted by atomic mass is 79.9. The van der Waals surface area contributed by atoms with Crippen molar-refractivity contribution >= 4 is 43.5 Å². The first-order valence-electron chi connectivity index (χ1n) is 12.7. The minimum Gasteiger partial charge on any atom is -0.353 e. The lowest BCUT2D eigenvalue weighted by molar-refractivity contribution is -0.126. The number of benzene rings is 2. The van der Waals surface area contributed by atoms with Crippen LogP contribution in [0.4, 0.5) is 5.69 Å². The molecule has 0 unspecified atom stereocenters. The lowest BCUT2D eigenvalue weighted by Gasteiger charge is -2.32. The van der Waals surface area contributed by atoms with Crippen molar-refractivity contribution in [2.24, 2.45) is 5.92 Å². The maximum atomic E-state index is 13.7. The van der Waals surface area contributed by atoms with Gasteiger partial charge in [0.15, 0.2) is 0 Å². The Morgan fingerprint density at radius 2 is 1.92 bits per heavy atom. The second kappa shape index (κ2) is 11.4. The molecule has 2 aliphatic rings. The van der Waals surface area contributed by atoms with E-state index in [1.165, 1.54) is 9.87 Å². The van der Waals surface area contributed by atoms with Crippen LogP contribution in [0.15, 0.2) is 51.8 Å². The second-order valence-electron chi connectivity index (χ2n) is 9.70. The molecule has 2 amide bonds. The van der Waals surface area contributed by atoms with Gasteiger partial charge < -0.3 is 10.2 Å². The van der Waals surface area contributed by atoms with Crippen LogP contribution in [0.1, 0.15) is 50.7 Å². The Hall–Kier alpha value is -2.23. The highest BCUT2D eigenvalue weighted by Crippen LogP contribution is 2.37. The summed E-state index contributed by atoms with van der Waals surface area (Å²) in [6.45, 7) is 4.88. The average molecular weight is 577 g/mol. The SMILES string of the molecule is CCC(=O)N1CCc2cc(Br)c(S(=O)(=O)N3CCC[C@H](C(=O)N[C@H](C)CCc4ccccc4)C3)cc21. The smallest absolute Gasteiger partial charge is 0.244 e. The third kappa shape index (κ3) is 5.84. The molecule has 1 saturated heterocycles. The minimum atomic E-state index is -3.84. The summed E-state index contributed by atoms with van der Waals surface area (Å²) in [4.78, 5) is 27.2. The number of fused-ring (bicyclic) bond motifs is 1. The molecule has 4 rings (SSSR count). The molecule has 194 valence electrons. The number of amides is 2. The van der Waals surface area contributed by atoms with E-state index in [4.69, 9.17) is 0 Å². The number of carbonyl (C=O) groups excluding carboxylic acids is 2. The first-order valence-corrected chi connectivity index (χ1v) is 14.9. The van der Waals surface area contributed by atoms with Crippen molar-refractivity contribution in [1.29, 1.82) is 0 Å². The van der Waals surface area contributed by atoms with Crippen molar-refractivity contribution in [3.63, 3.8) is 0 Å².